The lowest BCUT2D eigenvalue weighted by atomic mass is 10.2. The molecular formula is C15H15ClN8O2. The van der Waals surface area contributed by atoms with E-state index in [0.29, 0.717) is 17.1 Å². The predicted octanol–water partition coefficient (Wildman–Crippen LogP) is 1.60. The number of carbonyl (C=O) groups excluding carboxylic acids is 1. The number of nitrogen functional groups attached to an aromatic ring is 1. The number of carbonyl (C=O) groups is 1. The molecule has 0 saturated carbocycles. The smallest absolute Gasteiger partial charge is 0.293 e. The van der Waals surface area contributed by atoms with Crippen molar-refractivity contribution in [1.29, 1.82) is 0 Å². The van der Waals surface area contributed by atoms with Gasteiger partial charge in [-0.1, -0.05) is 42.3 Å². The Morgan fingerprint density at radius 2 is 2.31 bits per heavy atom. The molecule has 0 radical (unpaired) electrons. The fourth-order valence-corrected chi connectivity index (χ4v) is 2.45. The van der Waals surface area contributed by atoms with Crippen LogP contribution in [0.15, 0.2) is 34.0 Å². The second kappa shape index (κ2) is 7.74. The summed E-state index contributed by atoms with van der Waals surface area (Å²) in [4.78, 5) is 12.4. The van der Waals surface area contributed by atoms with Gasteiger partial charge in [-0.25, -0.2) is 10.1 Å². The first kappa shape index (κ1) is 17.5. The summed E-state index contributed by atoms with van der Waals surface area (Å²) in [6, 6.07) is 7.06. The molecule has 1 amide bonds. The Morgan fingerprint density at radius 1 is 1.46 bits per heavy atom. The van der Waals surface area contributed by atoms with Crippen LogP contribution in [0.4, 0.5) is 5.82 Å². The average molecular weight is 375 g/mol. The van der Waals surface area contributed by atoms with Crippen LogP contribution in [0.5, 0.6) is 0 Å². The Kier molecular flexibility index (Phi) is 5.23. The van der Waals surface area contributed by atoms with Gasteiger partial charge in [0.2, 0.25) is 11.6 Å². The SMILES string of the molecule is CCCc1c(C(=O)N/N=C\c2cccc(Cl)c2)nnn1-c1nonc1N. The molecule has 0 unspecified atom stereocenters. The molecule has 0 aliphatic carbocycles. The van der Waals surface area contributed by atoms with E-state index in [-0.39, 0.29) is 17.3 Å². The summed E-state index contributed by atoms with van der Waals surface area (Å²) in [6.07, 6.45) is 2.76. The highest BCUT2D eigenvalue weighted by Gasteiger charge is 2.23. The second-order valence-corrected chi connectivity index (χ2v) is 5.71. The minimum absolute atomic E-state index is 0.0539. The van der Waals surface area contributed by atoms with Crippen LogP contribution in [-0.4, -0.2) is 37.4 Å². The zero-order chi connectivity index (χ0) is 18.5. The first-order valence-corrected chi connectivity index (χ1v) is 8.10. The summed E-state index contributed by atoms with van der Waals surface area (Å²) in [5.74, 6) is -0.270. The monoisotopic (exact) mass is 374 g/mol. The summed E-state index contributed by atoms with van der Waals surface area (Å²) in [7, 11) is 0. The lowest BCUT2D eigenvalue weighted by Gasteiger charge is -2.03. The number of nitrogens with zero attached hydrogens (tertiary/aromatic N) is 6. The molecule has 3 N–H and O–H groups in total. The third kappa shape index (κ3) is 3.70. The van der Waals surface area contributed by atoms with Gasteiger partial charge in [-0.05, 0) is 34.4 Å². The maximum Gasteiger partial charge on any atom is 0.293 e. The van der Waals surface area contributed by atoms with Gasteiger partial charge < -0.3 is 5.73 Å². The van der Waals surface area contributed by atoms with Gasteiger partial charge in [0.25, 0.3) is 5.91 Å². The summed E-state index contributed by atoms with van der Waals surface area (Å²) in [5.41, 5.74) is 9.51. The molecule has 3 rings (SSSR count). The molecule has 0 atom stereocenters. The van der Waals surface area contributed by atoms with Crippen molar-refractivity contribution in [3.63, 3.8) is 0 Å². The van der Waals surface area contributed by atoms with E-state index >= 15 is 0 Å². The minimum atomic E-state index is -0.506. The molecule has 0 spiro atoms. The Morgan fingerprint density at radius 3 is 3.00 bits per heavy atom. The molecule has 2 heterocycles. The highest BCUT2D eigenvalue weighted by molar-refractivity contribution is 6.30. The van der Waals surface area contributed by atoms with Crippen LogP contribution >= 0.6 is 11.6 Å². The summed E-state index contributed by atoms with van der Waals surface area (Å²) in [6.45, 7) is 1.96. The number of benzene rings is 1. The zero-order valence-corrected chi connectivity index (χ0v) is 14.5. The molecule has 2 aromatic heterocycles. The molecule has 11 heteroatoms. The van der Waals surface area contributed by atoms with Gasteiger partial charge in [-0.15, -0.1) is 5.10 Å². The maximum atomic E-state index is 12.4. The van der Waals surface area contributed by atoms with Crippen LogP contribution in [0, 0.1) is 0 Å². The highest BCUT2D eigenvalue weighted by Crippen LogP contribution is 2.17. The van der Waals surface area contributed by atoms with Gasteiger partial charge in [0, 0.05) is 5.02 Å². The van der Waals surface area contributed by atoms with Crippen molar-refractivity contribution in [2.24, 2.45) is 5.10 Å². The van der Waals surface area contributed by atoms with Crippen molar-refractivity contribution in [3.05, 3.63) is 46.2 Å². The van der Waals surface area contributed by atoms with Crippen LogP contribution in [0.2, 0.25) is 5.02 Å². The number of aromatic nitrogens is 5. The fraction of sp³-hybridized carbons (Fsp3) is 0.200. The van der Waals surface area contributed by atoms with E-state index in [1.165, 1.54) is 10.9 Å². The third-order valence-corrected chi connectivity index (χ3v) is 3.62. The van der Waals surface area contributed by atoms with Gasteiger partial charge in [0.1, 0.15) is 0 Å². The fourth-order valence-electron chi connectivity index (χ4n) is 2.25. The first-order chi connectivity index (χ1) is 12.6. The largest absolute Gasteiger partial charge is 0.378 e. The lowest BCUT2D eigenvalue weighted by molar-refractivity contribution is 0.0949. The average Bonchev–Trinajstić information content (AvgIpc) is 3.21. The molecule has 0 aliphatic heterocycles. The van der Waals surface area contributed by atoms with Gasteiger partial charge in [-0.2, -0.15) is 9.78 Å². The number of hydrazone groups is 1. The molecule has 3 aromatic rings. The van der Waals surface area contributed by atoms with E-state index in [1.807, 2.05) is 6.92 Å². The van der Waals surface area contributed by atoms with E-state index in [4.69, 9.17) is 17.3 Å². The number of nitrogens with two attached hydrogens (primary N) is 1. The predicted molar refractivity (Wildman–Crippen MR) is 94.1 cm³/mol. The van der Waals surface area contributed by atoms with Crippen molar-refractivity contribution in [1.82, 2.24) is 30.7 Å². The van der Waals surface area contributed by atoms with Gasteiger partial charge in [0.05, 0.1) is 11.9 Å². The molecular weight excluding hydrogens is 360 g/mol. The van der Waals surface area contributed by atoms with Gasteiger partial charge in [-0.3, -0.25) is 4.79 Å². The number of amides is 1. The molecule has 10 nitrogen and oxygen atoms in total. The first-order valence-electron chi connectivity index (χ1n) is 7.72. The number of hydrogen-bond acceptors (Lipinski definition) is 8. The normalized spacial score (nSPS) is 11.2. The van der Waals surface area contributed by atoms with Crippen molar-refractivity contribution in [2.45, 2.75) is 19.8 Å². The molecule has 0 bridgehead atoms. The zero-order valence-electron chi connectivity index (χ0n) is 13.8. The molecule has 0 aliphatic rings. The van der Waals surface area contributed by atoms with Crippen LogP contribution in [0.3, 0.4) is 0 Å². The number of nitrogens with one attached hydrogen (secondary N) is 1. The van der Waals surface area contributed by atoms with Crippen molar-refractivity contribution in [3.8, 4) is 5.82 Å². The van der Waals surface area contributed by atoms with Crippen molar-refractivity contribution >= 4 is 29.5 Å². The minimum Gasteiger partial charge on any atom is -0.378 e. The number of halogens is 1. The Balaban J connectivity index is 1.81. The lowest BCUT2D eigenvalue weighted by Crippen LogP contribution is -2.20. The summed E-state index contributed by atoms with van der Waals surface area (Å²) >= 11 is 5.90. The van der Waals surface area contributed by atoms with Crippen molar-refractivity contribution < 1.29 is 9.42 Å². The molecule has 1 aromatic carbocycles. The summed E-state index contributed by atoms with van der Waals surface area (Å²) in [5, 5.41) is 19.5. The van der Waals surface area contributed by atoms with E-state index < -0.39 is 5.91 Å². The van der Waals surface area contributed by atoms with Crippen LogP contribution in [0.1, 0.15) is 35.1 Å². The second-order valence-electron chi connectivity index (χ2n) is 5.27. The third-order valence-electron chi connectivity index (χ3n) is 3.39. The number of anilines is 1. The Bertz CT molecular complexity index is 949. The molecule has 0 fully saturated rings. The van der Waals surface area contributed by atoms with Crippen molar-refractivity contribution in [2.75, 3.05) is 5.73 Å². The number of rotatable bonds is 6. The molecule has 26 heavy (non-hydrogen) atoms. The van der Waals surface area contributed by atoms with E-state index in [1.54, 1.807) is 24.3 Å². The highest BCUT2D eigenvalue weighted by atomic mass is 35.5. The van der Waals surface area contributed by atoms with E-state index in [2.05, 4.69) is 35.8 Å². The standard InChI is InChI=1S/C15H15ClN8O2/c1-2-4-11-12(19-23-24(11)14-13(17)21-26-22-14)15(25)20-18-8-9-5-3-6-10(16)7-9/h3,5-8H,2,4H2,1H3,(H2,17,21)(H,20,25)/b18-8-. The Hall–Kier alpha value is -3.27. The summed E-state index contributed by atoms with van der Waals surface area (Å²) < 4.78 is 5.92. The number of hydrogen-bond donors (Lipinski definition) is 2. The van der Waals surface area contributed by atoms with E-state index in [0.717, 1.165) is 12.0 Å². The van der Waals surface area contributed by atoms with Gasteiger partial charge in [0.15, 0.2) is 5.69 Å². The topological polar surface area (TPSA) is 137 Å². The quantitative estimate of drug-likeness (QED) is 0.493. The Labute approximate surface area is 153 Å². The van der Waals surface area contributed by atoms with Crippen LogP contribution in [0.25, 0.3) is 5.82 Å². The van der Waals surface area contributed by atoms with Crippen LogP contribution < -0.4 is 11.2 Å². The van der Waals surface area contributed by atoms with E-state index in [9.17, 15) is 4.79 Å². The maximum absolute atomic E-state index is 12.4. The molecule has 134 valence electrons. The molecule has 0 saturated heterocycles. The van der Waals surface area contributed by atoms with Crippen LogP contribution in [-0.2, 0) is 6.42 Å². The van der Waals surface area contributed by atoms with Gasteiger partial charge >= 0.3 is 0 Å².